The van der Waals surface area contributed by atoms with Gasteiger partial charge in [0, 0.05) is 37.9 Å². The van der Waals surface area contributed by atoms with Crippen molar-refractivity contribution in [1.82, 2.24) is 4.90 Å². The third-order valence-electron chi connectivity index (χ3n) is 11.6. The van der Waals surface area contributed by atoms with Crippen molar-refractivity contribution in [2.45, 2.75) is 71.4 Å². The largest absolute Gasteiger partial charge is 0.458 e. The molecule has 0 unspecified atom stereocenters. The highest BCUT2D eigenvalue weighted by Gasteiger charge is 2.78. The standard InChI is InChI=1S/C33H39F2NO5/c1-19-6-5-7-21(10-19)15-36-16-22-11-24-25-13-27(34)26-12-23(38)8-9-30(26,3)33(25,35)28(39)14-31(24,4)32(22,18-36)29(40)17-41-20(2)37/h5-10,12,22,24-25,27-28,39H,11,13-18H2,1-4H3/t22-,24-,25-,27-,28-,30-,31-,32-,33-/m0/s1. The normalized spacial score (nSPS) is 43.0. The van der Waals surface area contributed by atoms with Gasteiger partial charge in [-0.3, -0.25) is 19.3 Å². The Balaban J connectivity index is 1.40. The number of carbonyl (C=O) groups excluding carboxylic acids is 3. The summed E-state index contributed by atoms with van der Waals surface area (Å²) in [5.41, 5.74) is -3.13. The maximum Gasteiger partial charge on any atom is 0.303 e. The zero-order chi connectivity index (χ0) is 29.5. The number of allylic oxidation sites excluding steroid dienone is 4. The number of aliphatic hydroxyl groups is 1. The number of esters is 1. The van der Waals surface area contributed by atoms with Crippen molar-refractivity contribution in [2.75, 3.05) is 19.7 Å². The number of rotatable bonds is 5. The average molecular weight is 568 g/mol. The Morgan fingerprint density at radius 2 is 1.95 bits per heavy atom. The van der Waals surface area contributed by atoms with E-state index in [9.17, 15) is 19.5 Å². The van der Waals surface area contributed by atoms with Gasteiger partial charge in [0.15, 0.2) is 23.8 Å². The van der Waals surface area contributed by atoms with Crippen molar-refractivity contribution in [3.63, 3.8) is 0 Å². The van der Waals surface area contributed by atoms with Gasteiger partial charge in [-0.25, -0.2) is 8.78 Å². The molecular formula is C33H39F2NO5. The number of hydrogen-bond acceptors (Lipinski definition) is 6. The van der Waals surface area contributed by atoms with E-state index in [-0.39, 0.29) is 48.4 Å². The van der Waals surface area contributed by atoms with Gasteiger partial charge in [0.1, 0.15) is 6.17 Å². The lowest BCUT2D eigenvalue weighted by atomic mass is 9.43. The van der Waals surface area contributed by atoms with E-state index in [0.717, 1.165) is 11.1 Å². The van der Waals surface area contributed by atoms with Crippen LogP contribution in [-0.2, 0) is 25.7 Å². The molecule has 1 saturated heterocycles. The molecule has 0 spiro atoms. The maximum atomic E-state index is 17.6. The van der Waals surface area contributed by atoms with E-state index in [0.29, 0.717) is 26.1 Å². The number of fused-ring (bicyclic) bond motifs is 7. The van der Waals surface area contributed by atoms with E-state index in [1.807, 2.05) is 26.0 Å². The van der Waals surface area contributed by atoms with Crippen molar-refractivity contribution in [3.05, 3.63) is 59.2 Å². The molecule has 41 heavy (non-hydrogen) atoms. The number of benzene rings is 1. The molecule has 1 heterocycles. The van der Waals surface area contributed by atoms with Gasteiger partial charge < -0.3 is 9.84 Å². The van der Waals surface area contributed by atoms with E-state index in [1.54, 1.807) is 6.92 Å². The first-order valence-electron chi connectivity index (χ1n) is 14.7. The van der Waals surface area contributed by atoms with Crippen LogP contribution >= 0.6 is 0 Å². The molecule has 0 aromatic heterocycles. The molecule has 1 aromatic rings. The first-order chi connectivity index (χ1) is 19.3. The van der Waals surface area contributed by atoms with Crippen LogP contribution in [0.5, 0.6) is 0 Å². The van der Waals surface area contributed by atoms with Crippen LogP contribution < -0.4 is 0 Å². The summed E-state index contributed by atoms with van der Waals surface area (Å²) >= 11 is 0. The fraction of sp³-hybridized carbons (Fsp3) is 0.606. The zero-order valence-electron chi connectivity index (χ0n) is 24.2. The van der Waals surface area contributed by atoms with E-state index in [2.05, 4.69) is 17.0 Å². The lowest BCUT2D eigenvalue weighted by Gasteiger charge is -2.63. The molecule has 1 aromatic carbocycles. The topological polar surface area (TPSA) is 83.9 Å². The van der Waals surface area contributed by atoms with E-state index in [1.165, 1.54) is 25.2 Å². The predicted octanol–water partition coefficient (Wildman–Crippen LogP) is 4.47. The smallest absolute Gasteiger partial charge is 0.303 e. The number of aryl methyl sites for hydroxylation is 1. The number of carbonyl (C=O) groups is 3. The Labute approximate surface area is 239 Å². The van der Waals surface area contributed by atoms with Crippen LogP contribution in [0, 0.1) is 40.9 Å². The SMILES string of the molecule is CC(=O)OCC(=O)[C@]12CN(Cc3cccc(C)c3)C[C@@H]1C[C@H]1[C@@H]3C[C@H](F)C4=CC(=O)C=C[C@]4(C)[C@@]3(F)[C@@H](O)C[C@@]12C. The maximum absolute atomic E-state index is 17.6. The molecular weight excluding hydrogens is 528 g/mol. The summed E-state index contributed by atoms with van der Waals surface area (Å²) < 4.78 is 38.7. The minimum Gasteiger partial charge on any atom is -0.458 e. The molecule has 4 fully saturated rings. The number of ketones is 2. The molecule has 3 saturated carbocycles. The highest BCUT2D eigenvalue weighted by atomic mass is 19.1. The second-order valence-electron chi connectivity index (χ2n) is 13.6. The molecule has 0 bridgehead atoms. The van der Waals surface area contributed by atoms with Gasteiger partial charge in [0.05, 0.1) is 11.5 Å². The van der Waals surface area contributed by atoms with Crippen LogP contribution in [0.3, 0.4) is 0 Å². The molecule has 9 atom stereocenters. The summed E-state index contributed by atoms with van der Waals surface area (Å²) in [6, 6.07) is 8.21. The molecule has 8 heteroatoms. The second kappa shape index (κ2) is 9.40. The van der Waals surface area contributed by atoms with E-state index >= 15 is 8.78 Å². The number of Topliss-reactive ketones (excluding diaryl/α,β-unsaturated/α-hetero) is 1. The van der Waals surface area contributed by atoms with Crippen molar-refractivity contribution in [3.8, 4) is 0 Å². The lowest BCUT2D eigenvalue weighted by molar-refractivity contribution is -0.212. The summed E-state index contributed by atoms with van der Waals surface area (Å²) in [6.07, 6.45) is 1.29. The fourth-order valence-electron chi connectivity index (χ4n) is 9.86. The van der Waals surface area contributed by atoms with Crippen molar-refractivity contribution in [1.29, 1.82) is 0 Å². The molecule has 1 aliphatic heterocycles. The fourth-order valence-corrected chi connectivity index (χ4v) is 9.86. The third kappa shape index (κ3) is 3.82. The first-order valence-corrected chi connectivity index (χ1v) is 14.7. The van der Waals surface area contributed by atoms with E-state index in [4.69, 9.17) is 4.74 Å². The molecule has 6 rings (SSSR count). The highest BCUT2D eigenvalue weighted by Crippen LogP contribution is 2.74. The number of aliphatic hydroxyl groups excluding tert-OH is 1. The third-order valence-corrected chi connectivity index (χ3v) is 11.6. The van der Waals surface area contributed by atoms with Crippen LogP contribution in [0.2, 0.25) is 0 Å². The molecule has 220 valence electrons. The van der Waals surface area contributed by atoms with Gasteiger partial charge >= 0.3 is 5.97 Å². The molecule has 0 amide bonds. The monoisotopic (exact) mass is 567 g/mol. The van der Waals surface area contributed by atoms with Gasteiger partial charge in [0.25, 0.3) is 0 Å². The van der Waals surface area contributed by atoms with Gasteiger partial charge in [-0.15, -0.1) is 0 Å². The van der Waals surface area contributed by atoms with Crippen molar-refractivity contribution >= 4 is 17.5 Å². The molecule has 6 nitrogen and oxygen atoms in total. The Morgan fingerprint density at radius 1 is 1.20 bits per heavy atom. The number of ether oxygens (including phenoxy) is 1. The highest BCUT2D eigenvalue weighted by molar-refractivity contribution is 6.01. The lowest BCUT2D eigenvalue weighted by Crippen LogP contribution is -2.69. The number of hydrogen-bond donors (Lipinski definition) is 1. The quantitative estimate of drug-likeness (QED) is 0.529. The van der Waals surface area contributed by atoms with Gasteiger partial charge in [-0.1, -0.05) is 42.8 Å². The molecule has 0 radical (unpaired) electrons. The van der Waals surface area contributed by atoms with E-state index < -0.39 is 46.1 Å². The molecule has 4 aliphatic carbocycles. The number of likely N-dealkylation sites (tertiary alicyclic amines) is 1. The Hall–Kier alpha value is -2.71. The van der Waals surface area contributed by atoms with Gasteiger partial charge in [-0.2, -0.15) is 0 Å². The Bertz CT molecular complexity index is 1370. The molecule has 5 aliphatic rings. The summed E-state index contributed by atoms with van der Waals surface area (Å²) in [5.74, 6) is -2.52. The van der Waals surface area contributed by atoms with Crippen molar-refractivity contribution < 1.29 is 33.0 Å². The predicted molar refractivity (Wildman–Crippen MR) is 148 cm³/mol. The van der Waals surface area contributed by atoms with Crippen LogP contribution in [0.15, 0.2) is 48.1 Å². The number of nitrogens with zero attached hydrogens (tertiary/aromatic N) is 1. The number of halogens is 2. The Morgan fingerprint density at radius 3 is 2.66 bits per heavy atom. The summed E-state index contributed by atoms with van der Waals surface area (Å²) in [4.78, 5) is 40.3. The molecule has 1 N–H and O–H groups in total. The van der Waals surface area contributed by atoms with Crippen LogP contribution in [-0.4, -0.2) is 65.2 Å². The van der Waals surface area contributed by atoms with Gasteiger partial charge in [0.2, 0.25) is 0 Å². The minimum absolute atomic E-state index is 0.0207. The second-order valence-corrected chi connectivity index (χ2v) is 13.6. The minimum atomic E-state index is -2.19. The summed E-state index contributed by atoms with van der Waals surface area (Å²) in [5, 5.41) is 11.7. The first kappa shape index (κ1) is 28.4. The zero-order valence-corrected chi connectivity index (χ0v) is 24.2. The van der Waals surface area contributed by atoms with Crippen molar-refractivity contribution in [2.24, 2.45) is 34.0 Å². The summed E-state index contributed by atoms with van der Waals surface area (Å²) in [6.45, 7) is 8.10. The average Bonchev–Trinajstić information content (AvgIpc) is 3.38. The summed E-state index contributed by atoms with van der Waals surface area (Å²) in [7, 11) is 0. The van der Waals surface area contributed by atoms with Crippen LogP contribution in [0.25, 0.3) is 0 Å². The van der Waals surface area contributed by atoms with Crippen LogP contribution in [0.4, 0.5) is 8.78 Å². The van der Waals surface area contributed by atoms with Crippen LogP contribution in [0.1, 0.15) is 51.2 Å². The van der Waals surface area contributed by atoms with Gasteiger partial charge in [-0.05, 0) is 73.6 Å². The Kier molecular flexibility index (Phi) is 6.51. The number of alkyl halides is 2.